The first-order valence-corrected chi connectivity index (χ1v) is 5.97. The summed E-state index contributed by atoms with van der Waals surface area (Å²) in [5.74, 6) is 0. The van der Waals surface area contributed by atoms with E-state index in [9.17, 15) is 5.11 Å². The second-order valence-electron chi connectivity index (χ2n) is 4.86. The van der Waals surface area contributed by atoms with Gasteiger partial charge in [0.15, 0.2) is 0 Å². The maximum atomic E-state index is 9.40. The lowest BCUT2D eigenvalue weighted by Crippen LogP contribution is -2.35. The zero-order valence-electron chi connectivity index (χ0n) is 9.50. The van der Waals surface area contributed by atoms with Crippen LogP contribution < -0.4 is 0 Å². The van der Waals surface area contributed by atoms with Crippen molar-refractivity contribution in [1.29, 1.82) is 0 Å². The van der Waals surface area contributed by atoms with Gasteiger partial charge in [-0.25, -0.2) is 0 Å². The van der Waals surface area contributed by atoms with Gasteiger partial charge in [-0.1, -0.05) is 37.6 Å². The molecule has 0 unspecified atom stereocenters. The second kappa shape index (κ2) is 4.36. The Bertz CT molecular complexity index is 303. The Morgan fingerprint density at radius 2 is 1.73 bits per heavy atom. The first-order valence-electron chi connectivity index (χ1n) is 5.97. The monoisotopic (exact) mass is 204 g/mol. The molecule has 1 aliphatic rings. The minimum atomic E-state index is 0.216. The van der Waals surface area contributed by atoms with Gasteiger partial charge in [-0.2, -0.15) is 0 Å². The van der Waals surface area contributed by atoms with Gasteiger partial charge in [-0.3, -0.25) is 0 Å². The summed E-state index contributed by atoms with van der Waals surface area (Å²) >= 11 is 0. The molecular weight excluding hydrogens is 184 g/mol. The van der Waals surface area contributed by atoms with Gasteiger partial charge in [0, 0.05) is 6.61 Å². The highest BCUT2D eigenvalue weighted by Crippen LogP contribution is 2.43. The summed E-state index contributed by atoms with van der Waals surface area (Å²) in [4.78, 5) is 0. The van der Waals surface area contributed by atoms with Gasteiger partial charge in [0.2, 0.25) is 0 Å². The Hall–Kier alpha value is -0.820. The fourth-order valence-corrected chi connectivity index (χ4v) is 2.39. The molecule has 1 heteroatoms. The van der Waals surface area contributed by atoms with E-state index in [0.29, 0.717) is 6.61 Å². The quantitative estimate of drug-likeness (QED) is 0.799. The van der Waals surface area contributed by atoms with Crippen LogP contribution in [0.3, 0.4) is 0 Å². The summed E-state index contributed by atoms with van der Waals surface area (Å²) in [6.07, 6.45) is 5.82. The van der Waals surface area contributed by atoms with Crippen LogP contribution in [0.1, 0.15) is 37.3 Å². The second-order valence-corrected chi connectivity index (χ2v) is 4.86. The minimum Gasteiger partial charge on any atom is -0.396 e. The molecular formula is C14H20O. The van der Waals surface area contributed by atoms with Crippen molar-refractivity contribution in [2.75, 3.05) is 6.61 Å². The molecule has 0 heterocycles. The van der Waals surface area contributed by atoms with Gasteiger partial charge in [0.1, 0.15) is 0 Å². The molecule has 1 N–H and O–H groups in total. The molecule has 0 radical (unpaired) electrons. The Morgan fingerprint density at radius 3 is 2.13 bits per heavy atom. The van der Waals surface area contributed by atoms with Gasteiger partial charge in [0.05, 0.1) is 0 Å². The largest absolute Gasteiger partial charge is 0.396 e. The molecule has 15 heavy (non-hydrogen) atoms. The summed E-state index contributed by atoms with van der Waals surface area (Å²) in [5, 5.41) is 9.40. The molecule has 0 atom stereocenters. The number of hydrogen-bond acceptors (Lipinski definition) is 1. The topological polar surface area (TPSA) is 20.2 Å². The van der Waals surface area contributed by atoms with E-state index in [2.05, 4.69) is 31.2 Å². The molecule has 1 saturated carbocycles. The molecule has 1 aromatic carbocycles. The van der Waals surface area contributed by atoms with Gasteiger partial charge in [0.25, 0.3) is 0 Å². The molecule has 2 rings (SSSR count). The molecule has 0 aliphatic heterocycles. The molecule has 0 aromatic heterocycles. The van der Waals surface area contributed by atoms with E-state index in [4.69, 9.17) is 0 Å². The molecule has 0 saturated heterocycles. The van der Waals surface area contributed by atoms with Crippen LogP contribution in [0.4, 0.5) is 0 Å². The van der Waals surface area contributed by atoms with Crippen molar-refractivity contribution in [3.8, 4) is 0 Å². The lowest BCUT2D eigenvalue weighted by Gasteiger charge is -2.40. The normalized spacial score (nSPS) is 18.5. The maximum absolute atomic E-state index is 9.40. The van der Waals surface area contributed by atoms with Gasteiger partial charge in [-0.15, -0.1) is 0 Å². The van der Waals surface area contributed by atoms with Crippen LogP contribution in [0.25, 0.3) is 0 Å². The van der Waals surface area contributed by atoms with E-state index < -0.39 is 0 Å². The summed E-state index contributed by atoms with van der Waals surface area (Å²) in [5.41, 5.74) is 2.99. The van der Waals surface area contributed by atoms with Crippen molar-refractivity contribution >= 4 is 0 Å². The first kappa shape index (κ1) is 10.7. The van der Waals surface area contributed by atoms with Crippen LogP contribution in [-0.2, 0) is 12.8 Å². The zero-order valence-corrected chi connectivity index (χ0v) is 9.50. The van der Waals surface area contributed by atoms with Crippen molar-refractivity contribution < 1.29 is 5.11 Å². The predicted octanol–water partition coefficient (Wildman–Crippen LogP) is 2.95. The van der Waals surface area contributed by atoms with Crippen molar-refractivity contribution in [2.45, 2.75) is 39.0 Å². The maximum Gasteiger partial charge on any atom is 0.0490 e. The Kier molecular flexibility index (Phi) is 3.11. The van der Waals surface area contributed by atoms with Crippen molar-refractivity contribution in [2.24, 2.45) is 5.41 Å². The first-order chi connectivity index (χ1) is 7.28. The van der Waals surface area contributed by atoms with Gasteiger partial charge in [-0.05, 0) is 42.2 Å². The third kappa shape index (κ3) is 2.23. The third-order valence-electron chi connectivity index (χ3n) is 3.76. The number of aliphatic hydroxyl groups is 1. The molecule has 0 bridgehead atoms. The van der Waals surface area contributed by atoms with Crippen molar-refractivity contribution in [1.82, 2.24) is 0 Å². The van der Waals surface area contributed by atoms with Crippen LogP contribution in [0.5, 0.6) is 0 Å². The predicted molar refractivity (Wildman–Crippen MR) is 62.9 cm³/mol. The smallest absolute Gasteiger partial charge is 0.0490 e. The van der Waals surface area contributed by atoms with Crippen LogP contribution >= 0.6 is 0 Å². The van der Waals surface area contributed by atoms with Gasteiger partial charge < -0.3 is 5.11 Å². The average Bonchev–Trinajstić information content (AvgIpc) is 2.24. The number of aliphatic hydroxyl groups excluding tert-OH is 1. The van der Waals surface area contributed by atoms with Gasteiger partial charge >= 0.3 is 0 Å². The Balaban J connectivity index is 2.03. The summed E-state index contributed by atoms with van der Waals surface area (Å²) < 4.78 is 0. The molecule has 1 nitrogen and oxygen atoms in total. The standard InChI is InChI=1S/C14H20O/c1-2-12-4-6-13(7-5-12)10-14(11-15)8-3-9-14/h4-7,15H,2-3,8-11H2,1H3. The summed E-state index contributed by atoms with van der Waals surface area (Å²) in [6.45, 7) is 2.53. The fourth-order valence-electron chi connectivity index (χ4n) is 2.39. The highest BCUT2D eigenvalue weighted by atomic mass is 16.3. The zero-order chi connectivity index (χ0) is 10.7. The van der Waals surface area contributed by atoms with Crippen LogP contribution in [0, 0.1) is 5.41 Å². The fraction of sp³-hybridized carbons (Fsp3) is 0.571. The SMILES string of the molecule is CCc1ccc(CC2(CO)CCC2)cc1. The lowest BCUT2D eigenvalue weighted by molar-refractivity contribution is 0.0450. The number of hydrogen-bond donors (Lipinski definition) is 1. The van der Waals surface area contributed by atoms with E-state index in [1.807, 2.05) is 0 Å². The van der Waals surface area contributed by atoms with E-state index in [1.54, 1.807) is 0 Å². The molecule has 1 aromatic rings. The molecule has 82 valence electrons. The van der Waals surface area contributed by atoms with E-state index in [-0.39, 0.29) is 5.41 Å². The van der Waals surface area contributed by atoms with E-state index in [0.717, 1.165) is 12.8 Å². The summed E-state index contributed by atoms with van der Waals surface area (Å²) in [6, 6.07) is 8.85. The number of aryl methyl sites for hydroxylation is 1. The van der Waals surface area contributed by atoms with Crippen LogP contribution in [0.2, 0.25) is 0 Å². The number of rotatable bonds is 4. The average molecular weight is 204 g/mol. The Morgan fingerprint density at radius 1 is 1.13 bits per heavy atom. The molecule has 1 fully saturated rings. The summed E-state index contributed by atoms with van der Waals surface area (Å²) in [7, 11) is 0. The molecule has 1 aliphatic carbocycles. The third-order valence-corrected chi connectivity index (χ3v) is 3.76. The van der Waals surface area contributed by atoms with Crippen molar-refractivity contribution in [3.63, 3.8) is 0 Å². The number of benzene rings is 1. The van der Waals surface area contributed by atoms with Crippen LogP contribution in [-0.4, -0.2) is 11.7 Å². The lowest BCUT2D eigenvalue weighted by atomic mass is 9.66. The van der Waals surface area contributed by atoms with E-state index >= 15 is 0 Å². The van der Waals surface area contributed by atoms with E-state index in [1.165, 1.54) is 30.4 Å². The highest BCUT2D eigenvalue weighted by Gasteiger charge is 2.36. The van der Waals surface area contributed by atoms with Crippen LogP contribution in [0.15, 0.2) is 24.3 Å². The Labute approximate surface area is 92.1 Å². The highest BCUT2D eigenvalue weighted by molar-refractivity contribution is 5.24. The minimum absolute atomic E-state index is 0.216. The van der Waals surface area contributed by atoms with Crippen molar-refractivity contribution in [3.05, 3.63) is 35.4 Å². The molecule has 0 spiro atoms. The molecule has 0 amide bonds.